The third-order valence-electron chi connectivity index (χ3n) is 4.08. The van der Waals surface area contributed by atoms with Gasteiger partial charge in [-0.25, -0.2) is 4.39 Å². The number of halogens is 1. The van der Waals surface area contributed by atoms with Gasteiger partial charge in [0.2, 0.25) is 5.91 Å². The Bertz CT molecular complexity index is 729. The van der Waals surface area contributed by atoms with Crippen molar-refractivity contribution < 1.29 is 14.0 Å². The van der Waals surface area contributed by atoms with Crippen molar-refractivity contribution in [2.45, 2.75) is 0 Å². The summed E-state index contributed by atoms with van der Waals surface area (Å²) >= 11 is 0. The molecule has 1 fully saturated rings. The van der Waals surface area contributed by atoms with Crippen LogP contribution in [0.1, 0.15) is 10.4 Å². The summed E-state index contributed by atoms with van der Waals surface area (Å²) in [5.74, 6) is -0.508. The normalized spacial score (nSPS) is 15.0. The van der Waals surface area contributed by atoms with Gasteiger partial charge in [0.15, 0.2) is 0 Å². The monoisotopic (exact) mass is 342 g/mol. The van der Waals surface area contributed by atoms with Gasteiger partial charge in [0.05, 0.1) is 6.54 Å². The van der Waals surface area contributed by atoms with Gasteiger partial charge in [0, 0.05) is 49.8 Å². The van der Waals surface area contributed by atoms with Gasteiger partial charge < -0.3 is 10.2 Å². The van der Waals surface area contributed by atoms with E-state index in [1.54, 1.807) is 29.4 Å². The minimum absolute atomic E-state index is 0.0159. The summed E-state index contributed by atoms with van der Waals surface area (Å²) < 4.78 is 12.9. The number of hydrogen-bond acceptors (Lipinski definition) is 4. The summed E-state index contributed by atoms with van der Waals surface area (Å²) in [7, 11) is 0. The van der Waals surface area contributed by atoms with Gasteiger partial charge in [0.25, 0.3) is 5.91 Å². The van der Waals surface area contributed by atoms with Crippen molar-refractivity contribution in [1.29, 1.82) is 0 Å². The molecule has 1 aliphatic rings. The Morgan fingerprint density at radius 2 is 1.64 bits per heavy atom. The maximum absolute atomic E-state index is 12.9. The highest BCUT2D eigenvalue weighted by atomic mass is 19.1. The molecule has 6 nitrogen and oxygen atoms in total. The number of nitrogens with one attached hydrogen (secondary N) is 1. The van der Waals surface area contributed by atoms with Crippen molar-refractivity contribution in [2.24, 2.45) is 0 Å². The molecule has 0 spiro atoms. The maximum atomic E-state index is 12.9. The van der Waals surface area contributed by atoms with Crippen LogP contribution in [-0.4, -0.2) is 59.3 Å². The Balaban J connectivity index is 1.46. The molecule has 3 rings (SSSR count). The number of carbonyl (C=O) groups excluding carboxylic acids is 2. The summed E-state index contributed by atoms with van der Waals surface area (Å²) in [6, 6.07) is 9.06. The summed E-state index contributed by atoms with van der Waals surface area (Å²) in [4.78, 5) is 32.1. The van der Waals surface area contributed by atoms with Crippen molar-refractivity contribution in [3.05, 3.63) is 60.2 Å². The SMILES string of the molecule is O=C(CN1CCN(C(=O)c2ccncc2)CC1)Nc1ccc(F)cc1. The number of aromatic nitrogens is 1. The van der Waals surface area contributed by atoms with E-state index in [1.165, 1.54) is 24.3 Å². The number of pyridine rings is 1. The zero-order valence-corrected chi connectivity index (χ0v) is 13.7. The van der Waals surface area contributed by atoms with Crippen LogP contribution in [0.2, 0.25) is 0 Å². The van der Waals surface area contributed by atoms with Crippen LogP contribution in [0.4, 0.5) is 10.1 Å². The fourth-order valence-corrected chi connectivity index (χ4v) is 2.72. The van der Waals surface area contributed by atoms with Gasteiger partial charge in [-0.1, -0.05) is 0 Å². The second kappa shape index (κ2) is 7.85. The van der Waals surface area contributed by atoms with E-state index in [9.17, 15) is 14.0 Å². The molecule has 1 aromatic carbocycles. The molecule has 25 heavy (non-hydrogen) atoms. The Morgan fingerprint density at radius 1 is 1.00 bits per heavy atom. The molecule has 0 aliphatic carbocycles. The van der Waals surface area contributed by atoms with E-state index < -0.39 is 0 Å². The molecule has 2 amide bonds. The Kier molecular flexibility index (Phi) is 5.35. The van der Waals surface area contributed by atoms with Crippen LogP contribution in [0.15, 0.2) is 48.8 Å². The fraction of sp³-hybridized carbons (Fsp3) is 0.278. The van der Waals surface area contributed by atoms with E-state index in [4.69, 9.17) is 0 Å². The number of anilines is 1. The quantitative estimate of drug-likeness (QED) is 0.917. The summed E-state index contributed by atoms with van der Waals surface area (Å²) in [6.45, 7) is 2.66. The molecule has 130 valence electrons. The van der Waals surface area contributed by atoms with Gasteiger partial charge in [-0.3, -0.25) is 19.5 Å². The molecule has 0 unspecified atom stereocenters. The summed E-state index contributed by atoms with van der Waals surface area (Å²) in [5.41, 5.74) is 1.19. The molecule has 1 aliphatic heterocycles. The highest BCUT2D eigenvalue weighted by Gasteiger charge is 2.23. The number of nitrogens with zero attached hydrogens (tertiary/aromatic N) is 3. The molecular weight excluding hydrogens is 323 g/mol. The molecule has 7 heteroatoms. The smallest absolute Gasteiger partial charge is 0.254 e. The molecule has 1 N–H and O–H groups in total. The van der Waals surface area contributed by atoms with Crippen molar-refractivity contribution in [1.82, 2.24) is 14.8 Å². The number of carbonyl (C=O) groups is 2. The van der Waals surface area contributed by atoms with Gasteiger partial charge >= 0.3 is 0 Å². The minimum atomic E-state index is -0.340. The lowest BCUT2D eigenvalue weighted by molar-refractivity contribution is -0.117. The predicted molar refractivity (Wildman–Crippen MR) is 91.6 cm³/mol. The minimum Gasteiger partial charge on any atom is -0.336 e. The lowest BCUT2D eigenvalue weighted by Gasteiger charge is -2.34. The zero-order chi connectivity index (χ0) is 17.6. The lowest BCUT2D eigenvalue weighted by atomic mass is 10.2. The van der Waals surface area contributed by atoms with Gasteiger partial charge in [0.1, 0.15) is 5.82 Å². The predicted octanol–water partition coefficient (Wildman–Crippen LogP) is 1.62. The Labute approximate surface area is 145 Å². The van der Waals surface area contributed by atoms with E-state index >= 15 is 0 Å². The van der Waals surface area contributed by atoms with E-state index in [2.05, 4.69) is 10.3 Å². The summed E-state index contributed by atoms with van der Waals surface area (Å²) in [5, 5.41) is 2.74. The third-order valence-corrected chi connectivity index (χ3v) is 4.08. The van der Waals surface area contributed by atoms with Crippen LogP contribution in [0, 0.1) is 5.82 Å². The van der Waals surface area contributed by atoms with Crippen LogP contribution in [-0.2, 0) is 4.79 Å². The van der Waals surface area contributed by atoms with Crippen LogP contribution in [0.5, 0.6) is 0 Å². The van der Waals surface area contributed by atoms with Crippen LogP contribution < -0.4 is 5.32 Å². The molecule has 0 saturated carbocycles. The van der Waals surface area contributed by atoms with E-state index in [0.717, 1.165) is 0 Å². The first-order valence-electron chi connectivity index (χ1n) is 8.09. The van der Waals surface area contributed by atoms with Crippen LogP contribution in [0.3, 0.4) is 0 Å². The average Bonchev–Trinajstić information content (AvgIpc) is 2.64. The first-order chi connectivity index (χ1) is 12.1. The molecule has 0 radical (unpaired) electrons. The Morgan fingerprint density at radius 3 is 2.28 bits per heavy atom. The topological polar surface area (TPSA) is 65.5 Å². The zero-order valence-electron chi connectivity index (χ0n) is 13.7. The standard InChI is InChI=1S/C18H19FN4O2/c19-15-1-3-16(4-2-15)21-17(24)13-22-9-11-23(12-10-22)18(25)14-5-7-20-8-6-14/h1-8H,9-13H2,(H,21,24). The van der Waals surface area contributed by atoms with Crippen molar-refractivity contribution in [3.63, 3.8) is 0 Å². The molecule has 1 aromatic heterocycles. The molecule has 1 saturated heterocycles. The first-order valence-corrected chi connectivity index (χ1v) is 8.09. The molecule has 0 bridgehead atoms. The first kappa shape index (κ1) is 17.0. The molecule has 2 aromatic rings. The number of amides is 2. The molecular formula is C18H19FN4O2. The average molecular weight is 342 g/mol. The van der Waals surface area contributed by atoms with E-state index in [0.29, 0.717) is 37.4 Å². The van der Waals surface area contributed by atoms with E-state index in [-0.39, 0.29) is 24.2 Å². The van der Waals surface area contributed by atoms with Crippen molar-refractivity contribution in [3.8, 4) is 0 Å². The number of hydrogen-bond donors (Lipinski definition) is 1. The lowest BCUT2D eigenvalue weighted by Crippen LogP contribution is -2.50. The molecule has 0 atom stereocenters. The Hall–Kier alpha value is -2.80. The van der Waals surface area contributed by atoms with Crippen molar-refractivity contribution >= 4 is 17.5 Å². The van der Waals surface area contributed by atoms with Crippen LogP contribution >= 0.6 is 0 Å². The third kappa shape index (κ3) is 4.60. The summed E-state index contributed by atoms with van der Waals surface area (Å²) in [6.07, 6.45) is 3.20. The fourth-order valence-electron chi connectivity index (χ4n) is 2.72. The number of benzene rings is 1. The number of piperazine rings is 1. The number of rotatable bonds is 4. The second-order valence-corrected chi connectivity index (χ2v) is 5.86. The van der Waals surface area contributed by atoms with E-state index in [1.807, 2.05) is 4.90 Å². The van der Waals surface area contributed by atoms with Crippen molar-refractivity contribution in [2.75, 3.05) is 38.0 Å². The highest BCUT2D eigenvalue weighted by Crippen LogP contribution is 2.10. The van der Waals surface area contributed by atoms with Gasteiger partial charge in [-0.2, -0.15) is 0 Å². The highest BCUT2D eigenvalue weighted by molar-refractivity contribution is 5.94. The maximum Gasteiger partial charge on any atom is 0.254 e. The van der Waals surface area contributed by atoms with Gasteiger partial charge in [-0.05, 0) is 36.4 Å². The van der Waals surface area contributed by atoms with Crippen LogP contribution in [0.25, 0.3) is 0 Å². The van der Waals surface area contributed by atoms with Gasteiger partial charge in [-0.15, -0.1) is 0 Å². The second-order valence-electron chi connectivity index (χ2n) is 5.86. The molecule has 2 heterocycles. The largest absolute Gasteiger partial charge is 0.336 e.